The van der Waals surface area contributed by atoms with Crippen molar-refractivity contribution in [1.82, 2.24) is 14.8 Å². The van der Waals surface area contributed by atoms with Crippen molar-refractivity contribution in [2.45, 2.75) is 44.7 Å². The van der Waals surface area contributed by atoms with Gasteiger partial charge in [-0.15, -0.1) is 0 Å². The minimum atomic E-state index is 0.348. The average Bonchev–Trinajstić information content (AvgIpc) is 3.48. The monoisotopic (exact) mass is 385 g/mol. The lowest BCUT2D eigenvalue weighted by Crippen LogP contribution is -2.33. The van der Waals surface area contributed by atoms with Gasteiger partial charge in [-0.3, -0.25) is 4.68 Å². The molecule has 1 saturated carbocycles. The van der Waals surface area contributed by atoms with Crippen molar-refractivity contribution >= 4 is 5.69 Å². The van der Waals surface area contributed by atoms with E-state index in [0.29, 0.717) is 23.5 Å². The summed E-state index contributed by atoms with van der Waals surface area (Å²) >= 11 is 0. The number of nitriles is 1. The highest BCUT2D eigenvalue weighted by atomic mass is 16.5. The van der Waals surface area contributed by atoms with Crippen LogP contribution in [0.15, 0.2) is 42.9 Å². The van der Waals surface area contributed by atoms with Crippen LogP contribution in [0.1, 0.15) is 43.4 Å². The number of pyridine rings is 1. The number of benzene rings is 1. The molecule has 6 heteroatoms. The summed E-state index contributed by atoms with van der Waals surface area (Å²) in [6.45, 7) is 2.24. The normalized spacial score (nSPS) is 18.2. The lowest BCUT2D eigenvalue weighted by atomic mass is 9.93. The maximum atomic E-state index is 9.48. The molecule has 2 aromatic heterocycles. The molecule has 29 heavy (non-hydrogen) atoms. The Hall–Kier alpha value is -3.33. The number of nitrogens with zero attached hydrogens (tertiary/aromatic N) is 5. The predicted molar refractivity (Wildman–Crippen MR) is 111 cm³/mol. The molecule has 2 aliphatic rings. The summed E-state index contributed by atoms with van der Waals surface area (Å²) in [6, 6.07) is 10.9. The number of ether oxygens (including phenoxy) is 1. The highest BCUT2D eigenvalue weighted by Gasteiger charge is 2.28. The van der Waals surface area contributed by atoms with Crippen LogP contribution in [0.5, 0.6) is 11.6 Å². The van der Waals surface area contributed by atoms with Gasteiger partial charge in [0.25, 0.3) is 0 Å². The second-order valence-corrected chi connectivity index (χ2v) is 7.95. The van der Waals surface area contributed by atoms with Crippen LogP contribution in [0.25, 0.3) is 11.1 Å². The van der Waals surface area contributed by atoms with Gasteiger partial charge in [-0.2, -0.15) is 10.4 Å². The molecule has 6 nitrogen and oxygen atoms in total. The van der Waals surface area contributed by atoms with E-state index in [9.17, 15) is 5.26 Å². The largest absolute Gasteiger partial charge is 0.437 e. The summed E-state index contributed by atoms with van der Waals surface area (Å²) in [5.74, 6) is 1.13. The maximum absolute atomic E-state index is 9.48. The topological polar surface area (TPSA) is 67.0 Å². The Labute approximate surface area is 170 Å². The molecule has 1 atom stereocenters. The van der Waals surface area contributed by atoms with Gasteiger partial charge in [0.05, 0.1) is 12.2 Å². The molecule has 1 fully saturated rings. The molecule has 3 aromatic rings. The zero-order valence-electron chi connectivity index (χ0n) is 16.7. The summed E-state index contributed by atoms with van der Waals surface area (Å²) in [6.07, 6.45) is 10.0. The number of hydrogen-bond donors (Lipinski definition) is 0. The van der Waals surface area contributed by atoms with Crippen LogP contribution in [0, 0.1) is 11.3 Å². The summed E-state index contributed by atoms with van der Waals surface area (Å²) in [4.78, 5) is 6.63. The zero-order valence-corrected chi connectivity index (χ0v) is 16.7. The van der Waals surface area contributed by atoms with Crippen LogP contribution in [0.4, 0.5) is 5.69 Å². The van der Waals surface area contributed by atoms with E-state index >= 15 is 0 Å². The molecule has 3 heterocycles. The van der Waals surface area contributed by atoms with E-state index in [4.69, 9.17) is 4.74 Å². The van der Waals surface area contributed by atoms with Gasteiger partial charge >= 0.3 is 0 Å². The molecular weight excluding hydrogens is 362 g/mol. The third-order valence-electron chi connectivity index (χ3n) is 6.01. The van der Waals surface area contributed by atoms with Crippen LogP contribution in [0.2, 0.25) is 0 Å². The third-order valence-corrected chi connectivity index (χ3v) is 6.01. The second-order valence-electron chi connectivity index (χ2n) is 7.95. The molecule has 0 N–H and O–H groups in total. The van der Waals surface area contributed by atoms with Crippen molar-refractivity contribution in [2.75, 3.05) is 11.9 Å². The lowest BCUT2D eigenvalue weighted by Gasteiger charge is -2.35. The van der Waals surface area contributed by atoms with Crippen molar-refractivity contribution in [2.24, 2.45) is 0 Å². The zero-order chi connectivity index (χ0) is 20.0. The van der Waals surface area contributed by atoms with Gasteiger partial charge in [-0.25, -0.2) is 4.98 Å². The van der Waals surface area contributed by atoms with Crippen molar-refractivity contribution < 1.29 is 4.74 Å². The predicted octanol–water partition coefficient (Wildman–Crippen LogP) is 4.71. The summed E-state index contributed by atoms with van der Waals surface area (Å²) in [5.41, 5.74) is 4.80. The van der Waals surface area contributed by atoms with E-state index < -0.39 is 0 Å². The first-order chi connectivity index (χ1) is 14.2. The number of anilines is 1. The highest BCUT2D eigenvalue weighted by Crippen LogP contribution is 2.45. The van der Waals surface area contributed by atoms with Crippen LogP contribution in [-0.2, 0) is 6.42 Å². The van der Waals surface area contributed by atoms with E-state index in [-0.39, 0.29) is 0 Å². The van der Waals surface area contributed by atoms with E-state index in [1.54, 1.807) is 18.3 Å². The SMILES string of the molecule is CC1CCc2c(ccc(-c3cnn(C4CC4)c3)c2Oc2ncccc2C#N)N1C. The van der Waals surface area contributed by atoms with Crippen molar-refractivity contribution in [3.8, 4) is 28.8 Å². The second kappa shape index (κ2) is 6.93. The number of hydrogen-bond acceptors (Lipinski definition) is 5. The third kappa shape index (κ3) is 3.13. The molecule has 0 bridgehead atoms. The van der Waals surface area contributed by atoms with Gasteiger partial charge in [0, 0.05) is 47.9 Å². The van der Waals surface area contributed by atoms with Gasteiger partial charge in [-0.05, 0) is 56.9 Å². The Morgan fingerprint density at radius 2 is 2.07 bits per heavy atom. The minimum Gasteiger partial charge on any atom is -0.437 e. The Balaban J connectivity index is 1.65. The fraction of sp³-hybridized carbons (Fsp3) is 0.348. The average molecular weight is 385 g/mol. The van der Waals surface area contributed by atoms with Gasteiger partial charge in [0.15, 0.2) is 0 Å². The highest BCUT2D eigenvalue weighted by molar-refractivity contribution is 5.78. The first-order valence-corrected chi connectivity index (χ1v) is 10.1. The first kappa shape index (κ1) is 17.7. The maximum Gasteiger partial charge on any atom is 0.237 e. The molecule has 0 radical (unpaired) electrons. The fourth-order valence-corrected chi connectivity index (χ4v) is 3.99. The van der Waals surface area contributed by atoms with Gasteiger partial charge < -0.3 is 9.64 Å². The quantitative estimate of drug-likeness (QED) is 0.650. The number of rotatable bonds is 4. The lowest BCUT2D eigenvalue weighted by molar-refractivity contribution is 0.451. The molecule has 1 aliphatic carbocycles. The van der Waals surface area contributed by atoms with Gasteiger partial charge in [0.1, 0.15) is 17.4 Å². The van der Waals surface area contributed by atoms with E-state index in [2.05, 4.69) is 53.4 Å². The summed E-state index contributed by atoms with van der Waals surface area (Å²) in [5, 5.41) is 14.0. The molecule has 0 saturated heterocycles. The molecular formula is C23H23N5O. The van der Waals surface area contributed by atoms with Crippen molar-refractivity contribution in [3.63, 3.8) is 0 Å². The fourth-order valence-electron chi connectivity index (χ4n) is 3.99. The number of fused-ring (bicyclic) bond motifs is 1. The van der Waals surface area contributed by atoms with Crippen LogP contribution < -0.4 is 9.64 Å². The van der Waals surface area contributed by atoms with Crippen LogP contribution >= 0.6 is 0 Å². The Bertz CT molecular complexity index is 1110. The van der Waals surface area contributed by atoms with E-state index in [0.717, 1.165) is 35.3 Å². The van der Waals surface area contributed by atoms with Gasteiger partial charge in [-0.1, -0.05) is 0 Å². The van der Waals surface area contributed by atoms with Crippen LogP contribution in [-0.4, -0.2) is 27.9 Å². The molecule has 1 aliphatic heterocycles. The smallest absolute Gasteiger partial charge is 0.237 e. The Morgan fingerprint density at radius 3 is 2.86 bits per heavy atom. The van der Waals surface area contributed by atoms with E-state index in [1.165, 1.54) is 18.5 Å². The van der Waals surface area contributed by atoms with Crippen LogP contribution in [0.3, 0.4) is 0 Å². The Kier molecular flexibility index (Phi) is 4.24. The molecule has 146 valence electrons. The number of aromatic nitrogens is 3. The molecule has 0 amide bonds. The van der Waals surface area contributed by atoms with Crippen molar-refractivity contribution in [3.05, 3.63) is 54.0 Å². The Morgan fingerprint density at radius 1 is 1.21 bits per heavy atom. The molecule has 1 aromatic carbocycles. The molecule has 0 spiro atoms. The molecule has 1 unspecified atom stereocenters. The summed E-state index contributed by atoms with van der Waals surface area (Å²) < 4.78 is 8.41. The van der Waals surface area contributed by atoms with E-state index in [1.807, 2.05) is 10.9 Å². The van der Waals surface area contributed by atoms with Crippen molar-refractivity contribution in [1.29, 1.82) is 5.26 Å². The first-order valence-electron chi connectivity index (χ1n) is 10.1. The standard InChI is InChI=1S/C23H23N5O/c1-15-5-8-20-21(27(15)2)10-9-19(17-13-26-28(14-17)18-6-7-18)22(20)29-23-16(12-24)4-3-11-25-23/h3-4,9-11,13-15,18H,5-8H2,1-2H3. The molecule has 5 rings (SSSR count). The minimum absolute atomic E-state index is 0.348. The van der Waals surface area contributed by atoms with Gasteiger partial charge in [0.2, 0.25) is 5.88 Å². The summed E-state index contributed by atoms with van der Waals surface area (Å²) in [7, 11) is 2.12.